The van der Waals surface area contributed by atoms with Crippen LogP contribution in [0.3, 0.4) is 0 Å². The Kier molecular flexibility index (Phi) is 2.66. The zero-order chi connectivity index (χ0) is 15.3. The third-order valence-corrected chi connectivity index (χ3v) is 3.51. The van der Waals surface area contributed by atoms with Gasteiger partial charge < -0.3 is 10.2 Å². The monoisotopic (exact) mass is 282 g/mol. The molecule has 0 radical (unpaired) electrons. The predicted octanol–water partition coefficient (Wildman–Crippen LogP) is 2.08. The molecule has 0 aromatic heterocycles. The molecule has 0 aliphatic heterocycles. The molecule has 0 saturated heterocycles. The smallest absolute Gasteiger partial charge is 0.201 e. The minimum atomic E-state index is -0.634. The van der Waals surface area contributed by atoms with Gasteiger partial charge in [-0.1, -0.05) is 12.1 Å². The number of aromatic hydroxyl groups is 2. The number of phenolic OH excluding ortho intramolecular Hbond substituents is 2. The van der Waals surface area contributed by atoms with E-state index in [1.807, 2.05) is 0 Å². The van der Waals surface area contributed by atoms with Crippen molar-refractivity contribution >= 4 is 17.3 Å². The average molecular weight is 282 g/mol. The summed E-state index contributed by atoms with van der Waals surface area (Å²) < 4.78 is 0. The highest BCUT2D eigenvalue weighted by molar-refractivity contribution is 6.30. The maximum atomic E-state index is 12.4. The van der Waals surface area contributed by atoms with Crippen molar-refractivity contribution in [2.24, 2.45) is 0 Å². The Morgan fingerprint density at radius 1 is 0.905 bits per heavy atom. The third-order valence-electron chi connectivity index (χ3n) is 3.51. The van der Waals surface area contributed by atoms with E-state index >= 15 is 0 Å². The van der Waals surface area contributed by atoms with Crippen LogP contribution in [-0.2, 0) is 0 Å². The highest BCUT2D eigenvalue weighted by atomic mass is 16.3. The molecular formula is C16H10O5. The molecule has 0 spiro atoms. The minimum Gasteiger partial charge on any atom is -0.507 e. The lowest BCUT2D eigenvalue weighted by Gasteiger charge is -2.19. The molecule has 104 valence electrons. The lowest BCUT2D eigenvalue weighted by molar-refractivity contribution is 0.0972. The average Bonchev–Trinajstić information content (AvgIpc) is 2.43. The van der Waals surface area contributed by atoms with Crippen LogP contribution in [0.25, 0.3) is 0 Å². The largest absolute Gasteiger partial charge is 0.507 e. The number of hydrogen-bond donors (Lipinski definition) is 2. The highest BCUT2D eigenvalue weighted by Gasteiger charge is 2.34. The lowest BCUT2D eigenvalue weighted by Crippen LogP contribution is -2.21. The zero-order valence-electron chi connectivity index (χ0n) is 11.0. The molecule has 2 aromatic carbocycles. The second-order valence-corrected chi connectivity index (χ2v) is 4.83. The summed E-state index contributed by atoms with van der Waals surface area (Å²) in [5.74, 6) is -2.22. The van der Waals surface area contributed by atoms with Gasteiger partial charge in [-0.15, -0.1) is 0 Å². The number of carbonyl (C=O) groups is 3. The number of fused-ring (bicyclic) bond motifs is 2. The van der Waals surface area contributed by atoms with Gasteiger partial charge in [-0.2, -0.15) is 0 Å². The Labute approximate surface area is 119 Å². The van der Waals surface area contributed by atoms with E-state index in [2.05, 4.69) is 0 Å². The summed E-state index contributed by atoms with van der Waals surface area (Å²) in [6.45, 7) is 1.30. The maximum absolute atomic E-state index is 12.4. The number of rotatable bonds is 1. The summed E-state index contributed by atoms with van der Waals surface area (Å²) in [4.78, 5) is 36.3. The lowest BCUT2D eigenvalue weighted by atomic mass is 9.82. The van der Waals surface area contributed by atoms with E-state index in [0.29, 0.717) is 0 Å². The topological polar surface area (TPSA) is 91.7 Å². The summed E-state index contributed by atoms with van der Waals surface area (Å²) >= 11 is 0. The molecular weight excluding hydrogens is 272 g/mol. The molecule has 3 rings (SSSR count). The maximum Gasteiger partial charge on any atom is 0.201 e. The number of phenols is 2. The summed E-state index contributed by atoms with van der Waals surface area (Å²) in [6, 6.07) is 6.63. The van der Waals surface area contributed by atoms with Gasteiger partial charge in [-0.25, -0.2) is 0 Å². The van der Waals surface area contributed by atoms with Crippen LogP contribution in [0, 0.1) is 0 Å². The first kappa shape index (κ1) is 13.1. The molecule has 2 aromatic rings. The quantitative estimate of drug-likeness (QED) is 0.667. The van der Waals surface area contributed by atoms with Gasteiger partial charge in [-0.05, 0) is 25.1 Å². The first-order valence-electron chi connectivity index (χ1n) is 6.21. The molecule has 5 heteroatoms. The standard InChI is InChI=1S/C16H10O5/c1-7(17)8-5-10-14(12(19)6-8)16(21)13-9(15(10)20)3-2-4-11(13)18/h2-6,18-19H,1H3. The van der Waals surface area contributed by atoms with Crippen molar-refractivity contribution in [2.45, 2.75) is 6.92 Å². The van der Waals surface area contributed by atoms with Crippen LogP contribution in [0.15, 0.2) is 30.3 Å². The summed E-state index contributed by atoms with van der Waals surface area (Å²) in [7, 11) is 0. The minimum absolute atomic E-state index is 0.0247. The van der Waals surface area contributed by atoms with Crippen LogP contribution in [0.1, 0.15) is 49.1 Å². The fourth-order valence-electron chi connectivity index (χ4n) is 2.49. The number of hydrogen-bond acceptors (Lipinski definition) is 5. The Hall–Kier alpha value is -2.95. The van der Waals surface area contributed by atoms with Gasteiger partial charge in [0.2, 0.25) is 5.78 Å². The first-order chi connectivity index (χ1) is 9.91. The van der Waals surface area contributed by atoms with Gasteiger partial charge in [0.05, 0.1) is 11.1 Å². The molecule has 0 saturated carbocycles. The molecule has 21 heavy (non-hydrogen) atoms. The van der Waals surface area contributed by atoms with Crippen molar-refractivity contribution in [1.29, 1.82) is 0 Å². The van der Waals surface area contributed by atoms with Crippen molar-refractivity contribution in [3.05, 3.63) is 58.1 Å². The Bertz CT molecular complexity index is 833. The number of benzene rings is 2. The van der Waals surface area contributed by atoms with Gasteiger partial charge >= 0.3 is 0 Å². The van der Waals surface area contributed by atoms with Crippen LogP contribution in [0.4, 0.5) is 0 Å². The molecule has 0 fully saturated rings. The molecule has 0 heterocycles. The van der Waals surface area contributed by atoms with Crippen molar-refractivity contribution in [3.63, 3.8) is 0 Å². The van der Waals surface area contributed by atoms with Crippen molar-refractivity contribution < 1.29 is 24.6 Å². The fourth-order valence-corrected chi connectivity index (χ4v) is 2.49. The first-order valence-corrected chi connectivity index (χ1v) is 6.21. The molecule has 5 nitrogen and oxygen atoms in total. The molecule has 1 aliphatic carbocycles. The fraction of sp³-hybridized carbons (Fsp3) is 0.0625. The number of carbonyl (C=O) groups excluding carboxylic acids is 3. The van der Waals surface area contributed by atoms with Crippen molar-refractivity contribution in [2.75, 3.05) is 0 Å². The Balaban J connectivity index is 2.36. The second-order valence-electron chi connectivity index (χ2n) is 4.83. The van der Waals surface area contributed by atoms with Crippen molar-refractivity contribution in [1.82, 2.24) is 0 Å². The van der Waals surface area contributed by atoms with E-state index in [1.54, 1.807) is 0 Å². The molecule has 0 unspecified atom stereocenters. The van der Waals surface area contributed by atoms with Crippen LogP contribution >= 0.6 is 0 Å². The third kappa shape index (κ3) is 1.74. The van der Waals surface area contributed by atoms with Crippen LogP contribution < -0.4 is 0 Å². The zero-order valence-corrected chi connectivity index (χ0v) is 11.0. The van der Waals surface area contributed by atoms with E-state index in [9.17, 15) is 24.6 Å². The molecule has 0 atom stereocenters. The normalized spacial score (nSPS) is 12.8. The van der Waals surface area contributed by atoms with Gasteiger partial charge in [0.15, 0.2) is 11.6 Å². The Morgan fingerprint density at radius 2 is 1.57 bits per heavy atom. The summed E-state index contributed by atoms with van der Waals surface area (Å²) in [5, 5.41) is 19.8. The predicted molar refractivity (Wildman–Crippen MR) is 73.1 cm³/mol. The van der Waals surface area contributed by atoms with E-state index in [1.165, 1.54) is 31.2 Å². The van der Waals surface area contributed by atoms with Crippen LogP contribution in [0.5, 0.6) is 11.5 Å². The molecule has 1 aliphatic rings. The van der Waals surface area contributed by atoms with E-state index in [4.69, 9.17) is 0 Å². The number of Topliss-reactive ketones (excluding diaryl/α,β-unsaturated/α-hetero) is 1. The molecule has 2 N–H and O–H groups in total. The second kappa shape index (κ2) is 4.28. The van der Waals surface area contributed by atoms with Gasteiger partial charge in [0, 0.05) is 16.7 Å². The van der Waals surface area contributed by atoms with Crippen molar-refractivity contribution in [3.8, 4) is 11.5 Å². The summed E-state index contributed by atoms with van der Waals surface area (Å²) in [6.07, 6.45) is 0. The Morgan fingerprint density at radius 3 is 2.24 bits per heavy atom. The SMILES string of the molecule is CC(=O)c1cc(O)c2c(c1)C(=O)c1cccc(O)c1C2=O. The van der Waals surface area contributed by atoms with E-state index in [-0.39, 0.29) is 39.4 Å². The van der Waals surface area contributed by atoms with E-state index in [0.717, 1.165) is 6.07 Å². The molecule has 0 bridgehead atoms. The van der Waals surface area contributed by atoms with Gasteiger partial charge in [0.1, 0.15) is 11.5 Å². The molecule has 0 amide bonds. The van der Waals surface area contributed by atoms with Gasteiger partial charge in [-0.3, -0.25) is 14.4 Å². The van der Waals surface area contributed by atoms with E-state index < -0.39 is 17.3 Å². The highest BCUT2D eigenvalue weighted by Crippen LogP contribution is 2.37. The number of ketones is 3. The van der Waals surface area contributed by atoms with Crippen LogP contribution in [0.2, 0.25) is 0 Å². The van der Waals surface area contributed by atoms with Gasteiger partial charge in [0.25, 0.3) is 0 Å². The summed E-state index contributed by atoms with van der Waals surface area (Å²) in [5.41, 5.74) is -0.119. The van der Waals surface area contributed by atoms with Crippen LogP contribution in [-0.4, -0.2) is 27.6 Å².